The third-order valence-corrected chi connectivity index (χ3v) is 3.76. The summed E-state index contributed by atoms with van der Waals surface area (Å²) in [5.74, 6) is -0.0938. The van der Waals surface area contributed by atoms with Gasteiger partial charge in [0.15, 0.2) is 0 Å². The molecule has 1 aromatic carbocycles. The maximum absolute atomic E-state index is 12.5. The van der Waals surface area contributed by atoms with E-state index in [-0.39, 0.29) is 18.3 Å². The van der Waals surface area contributed by atoms with Crippen LogP contribution in [-0.2, 0) is 0 Å². The average Bonchev–Trinajstić information content (AvgIpc) is 2.69. The summed E-state index contributed by atoms with van der Waals surface area (Å²) in [5.41, 5.74) is 11.0. The lowest BCUT2D eigenvalue weighted by Crippen LogP contribution is -2.14. The number of nitrogens with two attached hydrogens (primary N) is 1. The molecular formula is C17H24ClN3O. The molecule has 0 atom stereocenters. The van der Waals surface area contributed by atoms with Gasteiger partial charge in [-0.1, -0.05) is 6.07 Å². The van der Waals surface area contributed by atoms with E-state index in [1.165, 1.54) is 0 Å². The summed E-state index contributed by atoms with van der Waals surface area (Å²) < 4.78 is 2.17. The first-order valence-electron chi connectivity index (χ1n) is 7.17. The number of nitrogens with zero attached hydrogens (tertiary/aromatic N) is 1. The highest BCUT2D eigenvalue weighted by molar-refractivity contribution is 6.05. The number of halogens is 1. The third-order valence-electron chi connectivity index (χ3n) is 3.76. The maximum Gasteiger partial charge on any atom is 0.257 e. The average molecular weight is 322 g/mol. The predicted molar refractivity (Wildman–Crippen MR) is 95.1 cm³/mol. The second-order valence-corrected chi connectivity index (χ2v) is 5.78. The Labute approximate surface area is 138 Å². The van der Waals surface area contributed by atoms with Gasteiger partial charge in [0.25, 0.3) is 5.91 Å². The quantitative estimate of drug-likeness (QED) is 0.830. The Bertz CT molecular complexity index is 689. The van der Waals surface area contributed by atoms with Crippen LogP contribution < -0.4 is 11.1 Å². The second-order valence-electron chi connectivity index (χ2n) is 5.78. The molecule has 0 spiro atoms. The molecule has 0 unspecified atom stereocenters. The molecule has 120 valence electrons. The molecule has 1 aromatic heterocycles. The number of rotatable bonds is 3. The van der Waals surface area contributed by atoms with E-state index in [4.69, 9.17) is 5.73 Å². The molecule has 0 aliphatic rings. The fourth-order valence-electron chi connectivity index (χ4n) is 2.77. The van der Waals surface area contributed by atoms with E-state index in [1.807, 2.05) is 39.0 Å². The van der Waals surface area contributed by atoms with Gasteiger partial charge in [-0.3, -0.25) is 4.79 Å². The molecule has 0 saturated heterocycles. The lowest BCUT2D eigenvalue weighted by molar-refractivity contribution is 0.102. The molecule has 0 saturated carbocycles. The summed E-state index contributed by atoms with van der Waals surface area (Å²) in [6.07, 6.45) is 0. The van der Waals surface area contributed by atoms with Crippen LogP contribution in [0.3, 0.4) is 0 Å². The van der Waals surface area contributed by atoms with Crippen molar-refractivity contribution in [3.8, 4) is 0 Å². The molecule has 0 aliphatic carbocycles. The summed E-state index contributed by atoms with van der Waals surface area (Å²) in [5, 5.41) is 2.96. The molecule has 1 amide bonds. The van der Waals surface area contributed by atoms with Crippen molar-refractivity contribution in [2.45, 2.75) is 40.7 Å². The van der Waals surface area contributed by atoms with Gasteiger partial charge in [0.1, 0.15) is 0 Å². The van der Waals surface area contributed by atoms with E-state index in [2.05, 4.69) is 23.7 Å². The second kappa shape index (κ2) is 6.88. The molecule has 0 fully saturated rings. The van der Waals surface area contributed by atoms with Crippen LogP contribution in [0, 0.1) is 20.8 Å². The zero-order chi connectivity index (χ0) is 15.7. The van der Waals surface area contributed by atoms with E-state index < -0.39 is 0 Å². The molecule has 3 N–H and O–H groups in total. The van der Waals surface area contributed by atoms with Crippen molar-refractivity contribution in [2.75, 3.05) is 11.1 Å². The van der Waals surface area contributed by atoms with Crippen molar-refractivity contribution >= 4 is 29.7 Å². The highest BCUT2D eigenvalue weighted by Crippen LogP contribution is 2.23. The van der Waals surface area contributed by atoms with Gasteiger partial charge in [-0.2, -0.15) is 0 Å². The molecule has 1 heterocycles. The van der Waals surface area contributed by atoms with Gasteiger partial charge in [-0.05, 0) is 58.4 Å². The lowest BCUT2D eigenvalue weighted by atomic mass is 10.1. The van der Waals surface area contributed by atoms with Gasteiger partial charge in [0.05, 0.1) is 5.56 Å². The van der Waals surface area contributed by atoms with Crippen LogP contribution in [-0.4, -0.2) is 10.5 Å². The number of amides is 1. The smallest absolute Gasteiger partial charge is 0.257 e. The zero-order valence-electron chi connectivity index (χ0n) is 13.7. The predicted octanol–water partition coefficient (Wildman–Crippen LogP) is 4.25. The summed E-state index contributed by atoms with van der Waals surface area (Å²) in [6, 6.07) is 7.79. The van der Waals surface area contributed by atoms with Gasteiger partial charge in [0.2, 0.25) is 0 Å². The minimum absolute atomic E-state index is 0. The molecule has 2 aromatic rings. The topological polar surface area (TPSA) is 60.0 Å². The molecule has 0 radical (unpaired) electrons. The van der Waals surface area contributed by atoms with Gasteiger partial charge < -0.3 is 15.6 Å². The number of benzene rings is 1. The van der Waals surface area contributed by atoms with Crippen LogP contribution in [0.25, 0.3) is 0 Å². The first kappa shape index (κ1) is 18.1. The van der Waals surface area contributed by atoms with Crippen molar-refractivity contribution in [3.63, 3.8) is 0 Å². The summed E-state index contributed by atoms with van der Waals surface area (Å²) in [7, 11) is 0. The summed E-state index contributed by atoms with van der Waals surface area (Å²) in [6.45, 7) is 10.2. The van der Waals surface area contributed by atoms with Crippen LogP contribution in [0.4, 0.5) is 11.4 Å². The summed E-state index contributed by atoms with van der Waals surface area (Å²) >= 11 is 0. The van der Waals surface area contributed by atoms with Crippen LogP contribution in [0.15, 0.2) is 24.3 Å². The van der Waals surface area contributed by atoms with Crippen molar-refractivity contribution < 1.29 is 4.79 Å². The monoisotopic (exact) mass is 321 g/mol. The van der Waals surface area contributed by atoms with Crippen LogP contribution >= 0.6 is 12.4 Å². The number of nitrogens with one attached hydrogen (secondary N) is 1. The van der Waals surface area contributed by atoms with Crippen LogP contribution in [0.1, 0.15) is 47.2 Å². The number of anilines is 2. The Morgan fingerprint density at radius 3 is 2.36 bits per heavy atom. The maximum atomic E-state index is 12.5. The van der Waals surface area contributed by atoms with Crippen molar-refractivity contribution in [3.05, 3.63) is 46.8 Å². The largest absolute Gasteiger partial charge is 0.399 e. The lowest BCUT2D eigenvalue weighted by Gasteiger charge is -2.14. The van der Waals surface area contributed by atoms with Gasteiger partial charge >= 0.3 is 0 Å². The number of carbonyl (C=O) groups is 1. The Balaban J connectivity index is 0.00000242. The normalized spacial score (nSPS) is 10.5. The number of carbonyl (C=O) groups excluding carboxylic acids is 1. The van der Waals surface area contributed by atoms with Gasteiger partial charge in [-0.25, -0.2) is 0 Å². The Morgan fingerprint density at radius 1 is 1.18 bits per heavy atom. The van der Waals surface area contributed by atoms with Gasteiger partial charge in [0, 0.05) is 28.8 Å². The van der Waals surface area contributed by atoms with Crippen molar-refractivity contribution in [2.24, 2.45) is 0 Å². The molecule has 4 nitrogen and oxygen atoms in total. The molecule has 2 rings (SSSR count). The number of nitrogen functional groups attached to an aromatic ring is 1. The SMILES string of the molecule is Cc1ccc(N)cc1NC(=O)c1cc(C)n(C(C)C)c1C.Cl. The molecular weight excluding hydrogens is 298 g/mol. The van der Waals surface area contributed by atoms with Gasteiger partial charge in [-0.15, -0.1) is 12.4 Å². The number of aromatic nitrogens is 1. The minimum atomic E-state index is -0.0938. The molecule has 0 aliphatic heterocycles. The third kappa shape index (κ3) is 3.45. The van der Waals surface area contributed by atoms with E-state index in [1.54, 1.807) is 6.07 Å². The van der Waals surface area contributed by atoms with E-state index >= 15 is 0 Å². The zero-order valence-corrected chi connectivity index (χ0v) is 14.5. The fraction of sp³-hybridized carbons (Fsp3) is 0.353. The van der Waals surface area contributed by atoms with Crippen molar-refractivity contribution in [1.82, 2.24) is 4.57 Å². The number of hydrogen-bond acceptors (Lipinski definition) is 2. The molecule has 0 bridgehead atoms. The highest BCUT2D eigenvalue weighted by atomic mass is 35.5. The fourth-order valence-corrected chi connectivity index (χ4v) is 2.77. The molecule has 22 heavy (non-hydrogen) atoms. The van der Waals surface area contributed by atoms with Crippen LogP contribution in [0.5, 0.6) is 0 Å². The van der Waals surface area contributed by atoms with E-state index in [0.29, 0.717) is 17.3 Å². The number of hydrogen-bond donors (Lipinski definition) is 2. The Morgan fingerprint density at radius 2 is 1.82 bits per heavy atom. The number of aryl methyl sites for hydroxylation is 2. The summed E-state index contributed by atoms with van der Waals surface area (Å²) in [4.78, 5) is 12.5. The molecule has 5 heteroatoms. The highest BCUT2D eigenvalue weighted by Gasteiger charge is 2.17. The van der Waals surface area contributed by atoms with E-state index in [9.17, 15) is 4.79 Å². The van der Waals surface area contributed by atoms with Crippen molar-refractivity contribution in [1.29, 1.82) is 0 Å². The first-order valence-corrected chi connectivity index (χ1v) is 7.17. The minimum Gasteiger partial charge on any atom is -0.399 e. The Hall–Kier alpha value is -1.94. The van der Waals surface area contributed by atoms with Crippen LogP contribution in [0.2, 0.25) is 0 Å². The first-order chi connectivity index (χ1) is 9.81. The van der Waals surface area contributed by atoms with E-state index in [0.717, 1.165) is 22.6 Å². The Kier molecular flexibility index (Phi) is 5.66. The standard InChI is InChI=1S/C17H23N3O.ClH/c1-10(2)20-12(4)8-15(13(20)5)17(21)19-16-9-14(18)7-6-11(16)3;/h6-10H,18H2,1-5H3,(H,19,21);1H.